The Morgan fingerprint density at radius 3 is 2.90 bits per heavy atom. The number of nitrogens with zero attached hydrogens (tertiary/aromatic N) is 1. The van der Waals surface area contributed by atoms with E-state index in [1.165, 1.54) is 6.07 Å². The summed E-state index contributed by atoms with van der Waals surface area (Å²) in [7, 11) is 0. The third kappa shape index (κ3) is 4.24. The van der Waals surface area contributed by atoms with Gasteiger partial charge in [0.15, 0.2) is 0 Å². The zero-order valence-electron chi connectivity index (χ0n) is 11.7. The number of nitrogens with one attached hydrogen (secondary N) is 2. The fraction of sp³-hybridized carbons (Fsp3) is 0.357. The average molecular weight is 307 g/mol. The molecule has 1 unspecified atom stereocenters. The summed E-state index contributed by atoms with van der Waals surface area (Å²) in [4.78, 5) is 24.3. The van der Waals surface area contributed by atoms with E-state index in [1.54, 1.807) is 17.5 Å². The SMILES string of the molecule is CCCC(NCc1csc(=O)[nH]1)c1cccc([N+](=O)[O-])c1. The molecule has 1 heterocycles. The highest BCUT2D eigenvalue weighted by Crippen LogP contribution is 2.23. The Morgan fingerprint density at radius 2 is 2.29 bits per heavy atom. The summed E-state index contributed by atoms with van der Waals surface area (Å²) in [6.07, 6.45) is 1.83. The third-order valence-electron chi connectivity index (χ3n) is 3.17. The van der Waals surface area contributed by atoms with Crippen LogP contribution in [0, 0.1) is 10.1 Å². The molecule has 2 rings (SSSR count). The lowest BCUT2D eigenvalue weighted by atomic mass is 10.0. The molecule has 6 nitrogen and oxygen atoms in total. The number of aromatic amines is 1. The minimum Gasteiger partial charge on any atom is -0.315 e. The van der Waals surface area contributed by atoms with Crippen molar-refractivity contribution in [3.05, 3.63) is 60.7 Å². The molecule has 1 aromatic heterocycles. The molecule has 0 aliphatic rings. The predicted octanol–water partition coefficient (Wildman–Crippen LogP) is 2.98. The smallest absolute Gasteiger partial charge is 0.304 e. The first-order chi connectivity index (χ1) is 10.1. The summed E-state index contributed by atoms with van der Waals surface area (Å²) in [5, 5.41) is 16.0. The average Bonchev–Trinajstić information content (AvgIpc) is 2.89. The van der Waals surface area contributed by atoms with Gasteiger partial charge in [-0.15, -0.1) is 0 Å². The molecule has 0 amide bonds. The van der Waals surface area contributed by atoms with Gasteiger partial charge in [-0.1, -0.05) is 36.8 Å². The van der Waals surface area contributed by atoms with Gasteiger partial charge in [0.2, 0.25) is 0 Å². The van der Waals surface area contributed by atoms with Gasteiger partial charge in [-0.3, -0.25) is 14.9 Å². The van der Waals surface area contributed by atoms with E-state index in [2.05, 4.69) is 17.2 Å². The first-order valence-electron chi connectivity index (χ1n) is 6.74. The Balaban J connectivity index is 2.12. The molecule has 2 N–H and O–H groups in total. The molecule has 7 heteroatoms. The second-order valence-corrected chi connectivity index (χ2v) is 5.59. The summed E-state index contributed by atoms with van der Waals surface area (Å²) in [5.41, 5.74) is 1.82. The minimum absolute atomic E-state index is 0.0262. The maximum absolute atomic E-state index is 11.1. The number of aromatic nitrogens is 1. The molecule has 21 heavy (non-hydrogen) atoms. The van der Waals surface area contributed by atoms with Gasteiger partial charge in [0, 0.05) is 35.8 Å². The number of hydrogen-bond donors (Lipinski definition) is 2. The van der Waals surface area contributed by atoms with Crippen molar-refractivity contribution in [1.82, 2.24) is 10.3 Å². The minimum atomic E-state index is -0.386. The van der Waals surface area contributed by atoms with E-state index in [-0.39, 0.29) is 21.5 Å². The Hall–Kier alpha value is -1.99. The molecule has 0 bridgehead atoms. The van der Waals surface area contributed by atoms with Crippen molar-refractivity contribution >= 4 is 17.0 Å². The van der Waals surface area contributed by atoms with Gasteiger partial charge < -0.3 is 10.3 Å². The van der Waals surface area contributed by atoms with Gasteiger partial charge in [0.1, 0.15) is 0 Å². The van der Waals surface area contributed by atoms with E-state index in [0.717, 1.165) is 35.4 Å². The van der Waals surface area contributed by atoms with Crippen LogP contribution in [0.4, 0.5) is 5.69 Å². The normalized spacial score (nSPS) is 12.2. The van der Waals surface area contributed by atoms with Gasteiger partial charge in [0.25, 0.3) is 5.69 Å². The van der Waals surface area contributed by atoms with Gasteiger partial charge in [-0.25, -0.2) is 0 Å². The van der Waals surface area contributed by atoms with Crippen molar-refractivity contribution in [3.63, 3.8) is 0 Å². The molecule has 0 saturated heterocycles. The van der Waals surface area contributed by atoms with Gasteiger partial charge in [0.05, 0.1) is 4.92 Å². The topological polar surface area (TPSA) is 88.0 Å². The summed E-state index contributed by atoms with van der Waals surface area (Å²) >= 11 is 1.13. The lowest BCUT2D eigenvalue weighted by Gasteiger charge is -2.18. The summed E-state index contributed by atoms with van der Waals surface area (Å²) < 4.78 is 0. The van der Waals surface area contributed by atoms with Crippen molar-refractivity contribution in [3.8, 4) is 0 Å². The molecule has 0 fully saturated rings. The molecular weight excluding hydrogens is 290 g/mol. The second-order valence-electron chi connectivity index (χ2n) is 4.75. The molecule has 0 aliphatic heterocycles. The molecule has 0 radical (unpaired) electrons. The molecule has 0 aliphatic carbocycles. The first kappa shape index (κ1) is 15.4. The lowest BCUT2D eigenvalue weighted by molar-refractivity contribution is -0.384. The summed E-state index contributed by atoms with van der Waals surface area (Å²) in [5.74, 6) is 0. The standard InChI is InChI=1S/C14H17N3O3S/c1-2-4-13(15-8-11-9-21-14(18)16-11)10-5-3-6-12(7-10)17(19)20/h3,5-7,9,13,15H,2,4,8H2,1H3,(H,16,18). The number of hydrogen-bond acceptors (Lipinski definition) is 5. The molecule has 112 valence electrons. The Bertz CT molecular complexity index is 665. The lowest BCUT2D eigenvalue weighted by Crippen LogP contribution is -2.21. The van der Waals surface area contributed by atoms with Crippen LogP contribution in [-0.4, -0.2) is 9.91 Å². The zero-order chi connectivity index (χ0) is 15.2. The number of benzene rings is 1. The largest absolute Gasteiger partial charge is 0.315 e. The van der Waals surface area contributed by atoms with Crippen molar-refractivity contribution in [2.75, 3.05) is 0 Å². The molecule has 2 aromatic rings. The summed E-state index contributed by atoms with van der Waals surface area (Å²) in [6.45, 7) is 2.60. The zero-order valence-corrected chi connectivity index (χ0v) is 12.5. The maximum Gasteiger partial charge on any atom is 0.304 e. The van der Waals surface area contributed by atoms with Crippen molar-refractivity contribution in [2.24, 2.45) is 0 Å². The van der Waals surface area contributed by atoms with E-state index in [4.69, 9.17) is 0 Å². The van der Waals surface area contributed by atoms with Gasteiger partial charge in [-0.2, -0.15) is 0 Å². The van der Waals surface area contributed by atoms with E-state index >= 15 is 0 Å². The van der Waals surface area contributed by atoms with E-state index < -0.39 is 0 Å². The number of nitro groups is 1. The van der Waals surface area contributed by atoms with Crippen LogP contribution in [0.1, 0.15) is 37.1 Å². The second kappa shape index (κ2) is 7.14. The number of rotatable bonds is 7. The van der Waals surface area contributed by atoms with E-state index in [9.17, 15) is 14.9 Å². The van der Waals surface area contributed by atoms with Gasteiger partial charge in [-0.05, 0) is 12.0 Å². The van der Waals surface area contributed by atoms with Crippen LogP contribution in [0.3, 0.4) is 0 Å². The summed E-state index contributed by atoms with van der Waals surface area (Å²) in [6, 6.07) is 6.70. The van der Waals surface area contributed by atoms with Crippen LogP contribution in [-0.2, 0) is 6.54 Å². The Morgan fingerprint density at radius 1 is 1.48 bits per heavy atom. The van der Waals surface area contributed by atoms with Crippen molar-refractivity contribution in [1.29, 1.82) is 0 Å². The van der Waals surface area contributed by atoms with Crippen LogP contribution in [0.15, 0.2) is 34.4 Å². The highest BCUT2D eigenvalue weighted by Gasteiger charge is 2.14. The Kier molecular flexibility index (Phi) is 5.24. The van der Waals surface area contributed by atoms with Crippen molar-refractivity contribution in [2.45, 2.75) is 32.4 Å². The highest BCUT2D eigenvalue weighted by molar-refractivity contribution is 7.07. The van der Waals surface area contributed by atoms with Crippen LogP contribution < -0.4 is 10.2 Å². The van der Waals surface area contributed by atoms with Crippen LogP contribution >= 0.6 is 11.3 Å². The third-order valence-corrected chi connectivity index (χ3v) is 3.89. The quantitative estimate of drug-likeness (QED) is 0.608. The molecule has 0 spiro atoms. The van der Waals surface area contributed by atoms with E-state index in [1.807, 2.05) is 6.07 Å². The Labute approximate surface area is 126 Å². The fourth-order valence-electron chi connectivity index (χ4n) is 2.16. The van der Waals surface area contributed by atoms with Crippen LogP contribution in [0.2, 0.25) is 0 Å². The molecule has 1 aromatic carbocycles. The number of H-pyrrole nitrogens is 1. The predicted molar refractivity (Wildman–Crippen MR) is 82.5 cm³/mol. The maximum atomic E-state index is 11.1. The monoisotopic (exact) mass is 307 g/mol. The molecule has 1 atom stereocenters. The van der Waals surface area contributed by atoms with Crippen molar-refractivity contribution < 1.29 is 4.92 Å². The number of non-ortho nitro benzene ring substituents is 1. The van der Waals surface area contributed by atoms with Crippen LogP contribution in [0.25, 0.3) is 0 Å². The fourth-order valence-corrected chi connectivity index (χ4v) is 2.75. The van der Waals surface area contributed by atoms with E-state index in [0.29, 0.717) is 6.54 Å². The number of thiazole rings is 1. The number of nitro benzene ring substituents is 1. The van der Waals surface area contributed by atoms with Gasteiger partial charge >= 0.3 is 4.87 Å². The van der Waals surface area contributed by atoms with Crippen LogP contribution in [0.5, 0.6) is 0 Å². The first-order valence-corrected chi connectivity index (χ1v) is 7.62. The highest BCUT2D eigenvalue weighted by atomic mass is 32.1. The molecule has 0 saturated carbocycles. The molecular formula is C14H17N3O3S.